The van der Waals surface area contributed by atoms with Gasteiger partial charge in [0, 0.05) is 22.9 Å². The molecule has 156 valence electrons. The highest BCUT2D eigenvalue weighted by Crippen LogP contribution is 2.21. The molecule has 0 aliphatic rings. The van der Waals surface area contributed by atoms with E-state index >= 15 is 0 Å². The molecule has 30 heavy (non-hydrogen) atoms. The summed E-state index contributed by atoms with van der Waals surface area (Å²) >= 11 is 9.62. The zero-order valence-corrected chi connectivity index (χ0v) is 19.4. The van der Waals surface area contributed by atoms with Crippen molar-refractivity contribution in [3.63, 3.8) is 0 Å². The van der Waals surface area contributed by atoms with Crippen molar-refractivity contribution < 1.29 is 9.59 Å². The molecule has 0 radical (unpaired) electrons. The van der Waals surface area contributed by atoms with E-state index in [1.165, 1.54) is 11.9 Å². The monoisotopic (exact) mass is 489 g/mol. The number of aryl methyl sites for hydroxylation is 3. The van der Waals surface area contributed by atoms with Crippen LogP contribution in [0.2, 0.25) is 5.02 Å². The van der Waals surface area contributed by atoms with Crippen molar-refractivity contribution in [2.75, 3.05) is 18.9 Å². The third-order valence-corrected chi connectivity index (χ3v) is 5.25. The van der Waals surface area contributed by atoms with Gasteiger partial charge in [-0.25, -0.2) is 9.67 Å². The highest BCUT2D eigenvalue weighted by Gasteiger charge is 2.21. The summed E-state index contributed by atoms with van der Waals surface area (Å²) in [6.45, 7) is 5.53. The van der Waals surface area contributed by atoms with Crippen molar-refractivity contribution in [2.45, 2.75) is 20.8 Å². The maximum absolute atomic E-state index is 12.9. The first-order valence-electron chi connectivity index (χ1n) is 9.17. The number of carbonyl (C=O) groups is 2. The van der Waals surface area contributed by atoms with Crippen molar-refractivity contribution in [2.24, 2.45) is 0 Å². The molecule has 0 bridgehead atoms. The molecule has 0 saturated carbocycles. The van der Waals surface area contributed by atoms with E-state index in [1.807, 2.05) is 39.0 Å². The fraction of sp³-hybridized carbons (Fsp3) is 0.238. The molecule has 9 heteroatoms. The first kappa shape index (κ1) is 22.0. The Morgan fingerprint density at radius 1 is 1.17 bits per heavy atom. The minimum Gasteiger partial charge on any atom is -0.331 e. The molecule has 0 saturated heterocycles. The maximum atomic E-state index is 12.9. The summed E-state index contributed by atoms with van der Waals surface area (Å²) in [5, 5.41) is 7.41. The van der Waals surface area contributed by atoms with Crippen LogP contribution in [-0.2, 0) is 4.79 Å². The van der Waals surface area contributed by atoms with Gasteiger partial charge in [-0.05, 0) is 62.7 Å². The maximum Gasteiger partial charge on any atom is 0.274 e. The summed E-state index contributed by atoms with van der Waals surface area (Å²) in [6.07, 6.45) is 0. The third-order valence-electron chi connectivity index (χ3n) is 4.45. The van der Waals surface area contributed by atoms with E-state index in [9.17, 15) is 9.59 Å². The number of pyridine rings is 1. The summed E-state index contributed by atoms with van der Waals surface area (Å²) in [6, 6.07) is 10.8. The average molecular weight is 491 g/mol. The Morgan fingerprint density at radius 2 is 1.90 bits per heavy atom. The Balaban J connectivity index is 1.76. The summed E-state index contributed by atoms with van der Waals surface area (Å²) in [5.41, 5.74) is 3.39. The molecule has 1 N–H and O–H groups in total. The van der Waals surface area contributed by atoms with Crippen LogP contribution in [0.15, 0.2) is 40.9 Å². The fourth-order valence-electron chi connectivity index (χ4n) is 2.99. The quantitative estimate of drug-likeness (QED) is 0.578. The van der Waals surface area contributed by atoms with Gasteiger partial charge in [0.05, 0.1) is 17.3 Å². The van der Waals surface area contributed by atoms with Crippen LogP contribution in [0.1, 0.15) is 27.4 Å². The molecule has 0 aliphatic heterocycles. The van der Waals surface area contributed by atoms with E-state index in [2.05, 4.69) is 31.3 Å². The highest BCUT2D eigenvalue weighted by atomic mass is 79.9. The zero-order valence-electron chi connectivity index (χ0n) is 17.0. The van der Waals surface area contributed by atoms with E-state index < -0.39 is 5.91 Å². The van der Waals surface area contributed by atoms with Gasteiger partial charge in [-0.1, -0.05) is 27.5 Å². The molecule has 0 atom stereocenters. The summed E-state index contributed by atoms with van der Waals surface area (Å²) in [5.74, 6) is -0.287. The van der Waals surface area contributed by atoms with E-state index in [0.717, 1.165) is 21.4 Å². The summed E-state index contributed by atoms with van der Waals surface area (Å²) < 4.78 is 2.57. The highest BCUT2D eigenvalue weighted by molar-refractivity contribution is 9.10. The number of rotatable bonds is 5. The van der Waals surface area contributed by atoms with Gasteiger partial charge in [0.1, 0.15) is 5.69 Å². The van der Waals surface area contributed by atoms with Gasteiger partial charge < -0.3 is 10.2 Å². The van der Waals surface area contributed by atoms with Gasteiger partial charge in [-0.2, -0.15) is 5.10 Å². The predicted octanol–water partition coefficient (Wildman–Crippen LogP) is 4.32. The van der Waals surface area contributed by atoms with Crippen LogP contribution in [0.25, 0.3) is 5.82 Å². The minimum atomic E-state index is -0.453. The number of amides is 2. The summed E-state index contributed by atoms with van der Waals surface area (Å²) in [7, 11) is 1.53. The number of nitrogens with one attached hydrogen (secondary N) is 1. The number of halogens is 2. The Morgan fingerprint density at radius 3 is 2.53 bits per heavy atom. The lowest BCUT2D eigenvalue weighted by Crippen LogP contribution is -2.35. The third kappa shape index (κ3) is 4.88. The van der Waals surface area contributed by atoms with Crippen LogP contribution in [0.5, 0.6) is 0 Å². The second-order valence-electron chi connectivity index (χ2n) is 7.01. The molecule has 0 fully saturated rings. The Bertz CT molecular complexity index is 1130. The number of hydrogen-bond acceptors (Lipinski definition) is 4. The Kier molecular flexibility index (Phi) is 6.58. The number of aromatic nitrogens is 3. The number of nitrogens with zero attached hydrogens (tertiary/aromatic N) is 4. The normalized spacial score (nSPS) is 10.7. The van der Waals surface area contributed by atoms with Gasteiger partial charge in [-0.3, -0.25) is 9.59 Å². The van der Waals surface area contributed by atoms with Crippen LogP contribution < -0.4 is 5.32 Å². The van der Waals surface area contributed by atoms with Crippen LogP contribution in [-0.4, -0.2) is 45.1 Å². The van der Waals surface area contributed by atoms with Gasteiger partial charge in [-0.15, -0.1) is 0 Å². The molecule has 2 aromatic heterocycles. The smallest absolute Gasteiger partial charge is 0.274 e. The second-order valence-corrected chi connectivity index (χ2v) is 8.33. The molecular formula is C21H21BrClN5O2. The fourth-order valence-corrected chi connectivity index (χ4v) is 3.65. The van der Waals surface area contributed by atoms with Gasteiger partial charge in [0.25, 0.3) is 5.91 Å². The van der Waals surface area contributed by atoms with E-state index in [1.54, 1.807) is 22.9 Å². The molecule has 3 aromatic rings. The molecular weight excluding hydrogens is 470 g/mol. The number of hydrogen-bond donors (Lipinski definition) is 1. The van der Waals surface area contributed by atoms with Crippen LogP contribution in [0.3, 0.4) is 0 Å². The number of anilines is 1. The minimum absolute atomic E-state index is 0.0665. The largest absolute Gasteiger partial charge is 0.331 e. The van der Waals surface area contributed by atoms with Crippen molar-refractivity contribution in [1.82, 2.24) is 19.7 Å². The van der Waals surface area contributed by atoms with Crippen LogP contribution >= 0.6 is 27.5 Å². The lowest BCUT2D eigenvalue weighted by molar-refractivity contribution is -0.116. The number of carbonyl (C=O) groups excluding carboxylic acids is 2. The van der Waals surface area contributed by atoms with Crippen LogP contribution in [0.4, 0.5) is 5.69 Å². The van der Waals surface area contributed by atoms with Crippen LogP contribution in [0, 0.1) is 20.8 Å². The molecule has 3 rings (SSSR count). The molecule has 2 heterocycles. The van der Waals surface area contributed by atoms with E-state index in [-0.39, 0.29) is 23.2 Å². The molecule has 0 aliphatic carbocycles. The molecule has 0 spiro atoms. The second kappa shape index (κ2) is 8.97. The molecule has 1 aromatic carbocycles. The van der Waals surface area contributed by atoms with Crippen molar-refractivity contribution in [3.05, 3.63) is 68.5 Å². The standard InChI is InChI=1S/C21H21BrClN5O2/c1-12-9-15(22)5-7-17(12)24-19(29)11-27(4)21(30)20-16(23)6-8-18(25-20)28-14(3)10-13(2)26-28/h5-10H,11H2,1-4H3,(H,24,29). The van der Waals surface area contributed by atoms with Crippen molar-refractivity contribution >= 4 is 45.0 Å². The first-order chi connectivity index (χ1) is 14.2. The predicted molar refractivity (Wildman–Crippen MR) is 120 cm³/mol. The van der Waals surface area contributed by atoms with E-state index in [0.29, 0.717) is 11.5 Å². The Labute approximate surface area is 188 Å². The topological polar surface area (TPSA) is 80.1 Å². The zero-order chi connectivity index (χ0) is 22.0. The van der Waals surface area contributed by atoms with Gasteiger partial charge >= 0.3 is 0 Å². The average Bonchev–Trinajstić information content (AvgIpc) is 3.02. The SMILES string of the molecule is Cc1cc(C)n(-c2ccc(Cl)c(C(=O)N(C)CC(=O)Nc3ccc(Br)cc3C)n2)n1. The first-order valence-corrected chi connectivity index (χ1v) is 10.3. The summed E-state index contributed by atoms with van der Waals surface area (Å²) in [4.78, 5) is 31.0. The lowest BCUT2D eigenvalue weighted by atomic mass is 10.2. The van der Waals surface area contributed by atoms with Crippen molar-refractivity contribution in [3.8, 4) is 5.82 Å². The van der Waals surface area contributed by atoms with Gasteiger partial charge in [0.2, 0.25) is 5.91 Å². The van der Waals surface area contributed by atoms with Gasteiger partial charge in [0.15, 0.2) is 5.82 Å². The molecule has 0 unspecified atom stereocenters. The molecule has 2 amide bonds. The number of benzene rings is 1. The van der Waals surface area contributed by atoms with Crippen molar-refractivity contribution in [1.29, 1.82) is 0 Å². The number of likely N-dealkylation sites (N-methyl/N-ethyl adjacent to an activating group) is 1. The lowest BCUT2D eigenvalue weighted by Gasteiger charge is -2.18. The molecule has 7 nitrogen and oxygen atoms in total. The van der Waals surface area contributed by atoms with E-state index in [4.69, 9.17) is 11.6 Å². The Hall–Kier alpha value is -2.71.